The molecule has 0 saturated carbocycles. The van der Waals surface area contributed by atoms with Crippen LogP contribution in [0.1, 0.15) is 17.4 Å². The summed E-state index contributed by atoms with van der Waals surface area (Å²) in [6, 6.07) is 4.66. The molecule has 0 aliphatic carbocycles. The molecule has 6 heteroatoms. The van der Waals surface area contributed by atoms with Gasteiger partial charge in [-0.25, -0.2) is 4.39 Å². The van der Waals surface area contributed by atoms with Gasteiger partial charge in [-0.1, -0.05) is 6.07 Å². The third kappa shape index (κ3) is 2.63. The molecule has 1 aromatic carbocycles. The molecule has 0 spiro atoms. The van der Waals surface area contributed by atoms with E-state index >= 15 is 0 Å². The van der Waals surface area contributed by atoms with Gasteiger partial charge in [-0.05, 0) is 33.6 Å². The maximum Gasteiger partial charge on any atom is 0.137 e. The molecule has 0 bridgehead atoms. The van der Waals surface area contributed by atoms with E-state index in [0.717, 1.165) is 17.3 Å². The van der Waals surface area contributed by atoms with Crippen molar-refractivity contribution in [2.75, 3.05) is 0 Å². The van der Waals surface area contributed by atoms with Gasteiger partial charge in [-0.15, -0.1) is 0 Å². The minimum atomic E-state index is -0.698. The highest BCUT2D eigenvalue weighted by Gasteiger charge is 2.12. The quantitative estimate of drug-likeness (QED) is 0.948. The monoisotopic (exact) mass is 302 g/mol. The summed E-state index contributed by atoms with van der Waals surface area (Å²) in [4.78, 5) is 0. The second-order valence-corrected chi connectivity index (χ2v) is 4.71. The van der Waals surface area contributed by atoms with Crippen molar-refractivity contribution < 1.29 is 9.50 Å². The summed E-state index contributed by atoms with van der Waals surface area (Å²) in [7, 11) is 0. The van der Waals surface area contributed by atoms with Crippen LogP contribution in [0, 0.1) is 5.82 Å². The van der Waals surface area contributed by atoms with Gasteiger partial charge in [0.05, 0.1) is 22.4 Å². The number of rotatable bonds is 3. The van der Waals surface area contributed by atoms with Crippen LogP contribution in [0.2, 0.25) is 0 Å². The highest BCUT2D eigenvalue weighted by molar-refractivity contribution is 9.10. The Morgan fingerprint density at radius 2 is 2.31 bits per heavy atom. The molecule has 0 amide bonds. The fraction of sp³-hybridized carbons (Fsp3) is 0.200. The Balaban J connectivity index is 2.12. The van der Waals surface area contributed by atoms with Crippen LogP contribution >= 0.6 is 27.7 Å². The van der Waals surface area contributed by atoms with Crippen LogP contribution in [0.3, 0.4) is 0 Å². The minimum absolute atomic E-state index is 0.312. The lowest BCUT2D eigenvalue weighted by molar-refractivity contribution is 0.174. The maximum absolute atomic E-state index is 13.0. The molecule has 1 heterocycles. The summed E-state index contributed by atoms with van der Waals surface area (Å²) in [5.74, 6) is -0.312. The molecule has 0 saturated heterocycles. The van der Waals surface area contributed by atoms with Crippen LogP contribution in [0.5, 0.6) is 0 Å². The summed E-state index contributed by atoms with van der Waals surface area (Å²) in [5.41, 5.74) is 1.39. The maximum atomic E-state index is 13.0. The molecule has 16 heavy (non-hydrogen) atoms. The number of halogens is 2. The van der Waals surface area contributed by atoms with Gasteiger partial charge in [-0.2, -0.15) is 8.75 Å². The van der Waals surface area contributed by atoms with E-state index in [4.69, 9.17) is 0 Å². The van der Waals surface area contributed by atoms with E-state index < -0.39 is 6.10 Å². The molecule has 1 atom stereocenters. The first-order chi connectivity index (χ1) is 7.66. The van der Waals surface area contributed by atoms with Gasteiger partial charge in [0.2, 0.25) is 0 Å². The number of hydrogen-bond acceptors (Lipinski definition) is 4. The fourth-order valence-corrected chi connectivity index (χ4v) is 2.20. The predicted molar refractivity (Wildman–Crippen MR) is 62.7 cm³/mol. The van der Waals surface area contributed by atoms with E-state index in [-0.39, 0.29) is 5.82 Å². The molecule has 0 aliphatic rings. The van der Waals surface area contributed by atoms with E-state index in [0.29, 0.717) is 16.6 Å². The van der Waals surface area contributed by atoms with Crippen LogP contribution in [-0.2, 0) is 6.42 Å². The Morgan fingerprint density at radius 1 is 1.50 bits per heavy atom. The average molecular weight is 303 g/mol. The van der Waals surface area contributed by atoms with E-state index in [9.17, 15) is 9.50 Å². The second-order valence-electron chi connectivity index (χ2n) is 3.30. The van der Waals surface area contributed by atoms with Crippen molar-refractivity contribution >= 4 is 27.7 Å². The van der Waals surface area contributed by atoms with Crippen molar-refractivity contribution in [3.8, 4) is 0 Å². The average Bonchev–Trinajstić information content (AvgIpc) is 2.77. The molecule has 0 radical (unpaired) electrons. The highest BCUT2D eigenvalue weighted by atomic mass is 79.9. The van der Waals surface area contributed by atoms with Crippen molar-refractivity contribution in [3.63, 3.8) is 0 Å². The topological polar surface area (TPSA) is 46.0 Å². The van der Waals surface area contributed by atoms with Gasteiger partial charge in [0.15, 0.2) is 0 Å². The molecular weight excluding hydrogens is 295 g/mol. The number of aliphatic hydroxyl groups excluding tert-OH is 1. The summed E-state index contributed by atoms with van der Waals surface area (Å²) in [5, 5.41) is 9.82. The first kappa shape index (κ1) is 11.6. The SMILES string of the molecule is OC(Cc1ccc(F)c(Br)c1)c1cnsn1. The van der Waals surface area contributed by atoms with Crippen molar-refractivity contribution in [2.24, 2.45) is 0 Å². The Labute approximate surface area is 104 Å². The number of aliphatic hydroxyl groups is 1. The summed E-state index contributed by atoms with van der Waals surface area (Å²) in [6.45, 7) is 0. The minimum Gasteiger partial charge on any atom is -0.386 e. The third-order valence-electron chi connectivity index (χ3n) is 2.13. The zero-order chi connectivity index (χ0) is 11.5. The molecule has 0 fully saturated rings. The van der Waals surface area contributed by atoms with Crippen LogP contribution in [-0.4, -0.2) is 13.9 Å². The van der Waals surface area contributed by atoms with Crippen LogP contribution in [0.4, 0.5) is 4.39 Å². The van der Waals surface area contributed by atoms with E-state index in [1.165, 1.54) is 12.3 Å². The second kappa shape index (κ2) is 4.99. The van der Waals surface area contributed by atoms with Crippen LogP contribution in [0.15, 0.2) is 28.9 Å². The lowest BCUT2D eigenvalue weighted by atomic mass is 10.1. The molecule has 3 nitrogen and oxygen atoms in total. The number of benzene rings is 1. The molecule has 0 aliphatic heterocycles. The first-order valence-electron chi connectivity index (χ1n) is 4.56. The van der Waals surface area contributed by atoms with Crippen molar-refractivity contribution in [1.82, 2.24) is 8.75 Å². The van der Waals surface area contributed by atoms with E-state index in [1.54, 1.807) is 12.1 Å². The molecule has 1 N–H and O–H groups in total. The van der Waals surface area contributed by atoms with Gasteiger partial charge in [-0.3, -0.25) is 0 Å². The first-order valence-corrected chi connectivity index (χ1v) is 6.08. The van der Waals surface area contributed by atoms with Crippen molar-refractivity contribution in [2.45, 2.75) is 12.5 Å². The lowest BCUT2D eigenvalue weighted by Crippen LogP contribution is -2.02. The zero-order valence-corrected chi connectivity index (χ0v) is 10.5. The molecular formula is C10H8BrFN2OS. The molecule has 2 aromatic rings. The third-order valence-corrected chi connectivity index (χ3v) is 3.23. The number of nitrogens with zero attached hydrogens (tertiary/aromatic N) is 2. The van der Waals surface area contributed by atoms with Gasteiger partial charge in [0.25, 0.3) is 0 Å². The smallest absolute Gasteiger partial charge is 0.137 e. The van der Waals surface area contributed by atoms with Crippen molar-refractivity contribution in [3.05, 3.63) is 45.9 Å². The van der Waals surface area contributed by atoms with Crippen LogP contribution < -0.4 is 0 Å². The fourth-order valence-electron chi connectivity index (χ4n) is 1.31. The van der Waals surface area contributed by atoms with E-state index in [1.807, 2.05) is 0 Å². The zero-order valence-electron chi connectivity index (χ0n) is 8.10. The Bertz CT molecular complexity index is 478. The summed E-state index contributed by atoms with van der Waals surface area (Å²) in [6.07, 6.45) is 1.23. The number of aromatic nitrogens is 2. The van der Waals surface area contributed by atoms with Gasteiger partial charge < -0.3 is 5.11 Å². The van der Waals surface area contributed by atoms with Gasteiger partial charge in [0.1, 0.15) is 17.6 Å². The Hall–Kier alpha value is -0.850. The number of hydrogen-bond donors (Lipinski definition) is 1. The summed E-state index contributed by atoms with van der Waals surface area (Å²) < 4.78 is 21.1. The molecule has 2 rings (SSSR count). The molecule has 84 valence electrons. The standard InChI is InChI=1S/C10H8BrFN2OS/c11-7-3-6(1-2-8(7)12)4-10(15)9-5-13-16-14-9/h1-3,5,10,15H,4H2. The largest absolute Gasteiger partial charge is 0.386 e. The van der Waals surface area contributed by atoms with Gasteiger partial charge in [0, 0.05) is 6.42 Å². The van der Waals surface area contributed by atoms with Crippen molar-refractivity contribution in [1.29, 1.82) is 0 Å². The Morgan fingerprint density at radius 3 is 2.94 bits per heavy atom. The highest BCUT2D eigenvalue weighted by Crippen LogP contribution is 2.21. The van der Waals surface area contributed by atoms with E-state index in [2.05, 4.69) is 24.7 Å². The summed E-state index contributed by atoms with van der Waals surface area (Å²) >= 11 is 4.16. The Kier molecular flexibility index (Phi) is 3.63. The van der Waals surface area contributed by atoms with Crippen LogP contribution in [0.25, 0.3) is 0 Å². The molecule has 1 unspecified atom stereocenters. The lowest BCUT2D eigenvalue weighted by Gasteiger charge is -2.07. The molecule has 1 aromatic heterocycles. The predicted octanol–water partition coefficient (Wildman–Crippen LogP) is 2.72. The normalized spacial score (nSPS) is 12.7. The van der Waals surface area contributed by atoms with Gasteiger partial charge >= 0.3 is 0 Å².